The van der Waals surface area contributed by atoms with Crippen molar-refractivity contribution >= 4 is 39.7 Å². The van der Waals surface area contributed by atoms with Crippen LogP contribution >= 0.6 is 11.6 Å². The Morgan fingerprint density at radius 2 is 1.71 bits per heavy atom. The summed E-state index contributed by atoms with van der Waals surface area (Å²) in [6, 6.07) is 19.4. The number of carbonyl (C=O) groups is 1. The van der Waals surface area contributed by atoms with Gasteiger partial charge in [0.05, 0.1) is 0 Å². The monoisotopic (exact) mass is 453 g/mol. The predicted octanol–water partition coefficient (Wildman–Crippen LogP) is 4.76. The molecule has 0 unspecified atom stereocenters. The highest BCUT2D eigenvalue weighted by atomic mass is 35.5. The molecule has 0 aliphatic carbocycles. The maximum atomic E-state index is 12.4. The van der Waals surface area contributed by atoms with Crippen molar-refractivity contribution in [3.63, 3.8) is 0 Å². The lowest BCUT2D eigenvalue weighted by molar-refractivity contribution is -0.129. The van der Waals surface area contributed by atoms with Gasteiger partial charge in [0.25, 0.3) is 0 Å². The molecule has 0 saturated carbocycles. The van der Waals surface area contributed by atoms with E-state index in [1.807, 2.05) is 6.92 Å². The summed E-state index contributed by atoms with van der Waals surface area (Å²) in [5.74, 6) is -0.264. The van der Waals surface area contributed by atoms with Crippen LogP contribution in [-0.2, 0) is 19.6 Å². The van der Waals surface area contributed by atoms with Gasteiger partial charge in [-0.3, -0.25) is 0 Å². The molecule has 4 rings (SSSR count). The van der Waals surface area contributed by atoms with E-state index in [9.17, 15) is 13.2 Å². The molecule has 31 heavy (non-hydrogen) atoms. The molecule has 1 aliphatic rings. The Balaban J connectivity index is 1.52. The molecule has 0 fully saturated rings. The lowest BCUT2D eigenvalue weighted by atomic mass is 10.2. The summed E-state index contributed by atoms with van der Waals surface area (Å²) in [5.41, 5.74) is 2.29. The number of carbonyl (C=O) groups excluding carboxylic acids is 1. The smallest absolute Gasteiger partial charge is 0.363 e. The van der Waals surface area contributed by atoms with E-state index in [1.165, 1.54) is 30.3 Å². The van der Waals surface area contributed by atoms with E-state index in [0.717, 1.165) is 5.56 Å². The number of halogens is 1. The molecular formula is C23H16ClNO5S. The van der Waals surface area contributed by atoms with Crippen LogP contribution in [0.25, 0.3) is 6.08 Å². The van der Waals surface area contributed by atoms with Crippen LogP contribution in [-0.4, -0.2) is 20.3 Å². The average molecular weight is 454 g/mol. The second-order valence-electron chi connectivity index (χ2n) is 6.77. The van der Waals surface area contributed by atoms with Crippen LogP contribution in [0.3, 0.4) is 0 Å². The largest absolute Gasteiger partial charge is 0.402 e. The molecule has 6 nitrogen and oxygen atoms in total. The first-order chi connectivity index (χ1) is 14.8. The predicted molar refractivity (Wildman–Crippen MR) is 117 cm³/mol. The van der Waals surface area contributed by atoms with Gasteiger partial charge < -0.3 is 8.92 Å². The number of hydrogen-bond acceptors (Lipinski definition) is 6. The molecule has 0 spiro atoms. The summed E-state index contributed by atoms with van der Waals surface area (Å²) in [6.45, 7) is 1.87. The summed E-state index contributed by atoms with van der Waals surface area (Å²) >= 11 is 5.97. The van der Waals surface area contributed by atoms with Crippen LogP contribution < -0.4 is 4.18 Å². The molecule has 0 N–H and O–H groups in total. The first-order valence-electron chi connectivity index (χ1n) is 9.20. The SMILES string of the molecule is Cc1ccc(S(=O)(=O)Oc2ccc(/C=C3\N=C(c4cccc(Cl)c4)OC3=O)cc2)cc1. The first kappa shape index (κ1) is 20.8. The molecule has 156 valence electrons. The molecule has 1 heterocycles. The van der Waals surface area contributed by atoms with Crippen molar-refractivity contribution in [2.45, 2.75) is 11.8 Å². The number of aryl methyl sites for hydroxylation is 1. The third-order valence-electron chi connectivity index (χ3n) is 4.39. The Labute approximate surface area is 184 Å². The molecule has 3 aromatic rings. The van der Waals surface area contributed by atoms with Crippen molar-refractivity contribution in [2.75, 3.05) is 0 Å². The van der Waals surface area contributed by atoms with Crippen molar-refractivity contribution in [2.24, 2.45) is 4.99 Å². The van der Waals surface area contributed by atoms with Crippen LogP contribution in [0.1, 0.15) is 16.7 Å². The number of benzene rings is 3. The maximum absolute atomic E-state index is 12.4. The quantitative estimate of drug-likeness (QED) is 0.316. The van der Waals surface area contributed by atoms with E-state index >= 15 is 0 Å². The fourth-order valence-electron chi connectivity index (χ4n) is 2.81. The highest BCUT2D eigenvalue weighted by molar-refractivity contribution is 7.87. The van der Waals surface area contributed by atoms with Gasteiger partial charge in [0, 0.05) is 10.6 Å². The van der Waals surface area contributed by atoms with Gasteiger partial charge in [-0.05, 0) is 61.0 Å². The summed E-state index contributed by atoms with van der Waals surface area (Å²) in [6.07, 6.45) is 1.54. The van der Waals surface area contributed by atoms with Gasteiger partial charge in [0.15, 0.2) is 5.70 Å². The first-order valence-corrected chi connectivity index (χ1v) is 11.0. The molecule has 0 radical (unpaired) electrons. The molecule has 1 aliphatic heterocycles. The Kier molecular flexibility index (Phi) is 5.63. The Bertz CT molecular complexity index is 1310. The zero-order chi connectivity index (χ0) is 22.0. The van der Waals surface area contributed by atoms with Crippen molar-refractivity contribution in [1.29, 1.82) is 0 Å². The van der Waals surface area contributed by atoms with Gasteiger partial charge in [-0.1, -0.05) is 47.5 Å². The van der Waals surface area contributed by atoms with Gasteiger partial charge in [-0.25, -0.2) is 9.79 Å². The fraction of sp³-hybridized carbons (Fsp3) is 0.0435. The third-order valence-corrected chi connectivity index (χ3v) is 5.89. The Morgan fingerprint density at radius 3 is 2.39 bits per heavy atom. The number of rotatable bonds is 5. The van der Waals surface area contributed by atoms with E-state index in [1.54, 1.807) is 48.5 Å². The molecule has 0 atom stereocenters. The van der Waals surface area contributed by atoms with Crippen molar-refractivity contribution in [1.82, 2.24) is 0 Å². The fourth-order valence-corrected chi connectivity index (χ4v) is 3.93. The molecule has 0 bridgehead atoms. The zero-order valence-electron chi connectivity index (χ0n) is 16.3. The zero-order valence-corrected chi connectivity index (χ0v) is 17.9. The maximum Gasteiger partial charge on any atom is 0.363 e. The van der Waals surface area contributed by atoms with Gasteiger partial charge >= 0.3 is 16.1 Å². The molecule has 8 heteroatoms. The second-order valence-corrected chi connectivity index (χ2v) is 8.75. The summed E-state index contributed by atoms with van der Waals surface area (Å²) in [4.78, 5) is 16.4. The van der Waals surface area contributed by atoms with Gasteiger partial charge in [0.2, 0.25) is 5.90 Å². The van der Waals surface area contributed by atoms with E-state index in [2.05, 4.69) is 4.99 Å². The van der Waals surface area contributed by atoms with Crippen LogP contribution in [0.5, 0.6) is 5.75 Å². The van der Waals surface area contributed by atoms with E-state index in [0.29, 0.717) is 16.1 Å². The average Bonchev–Trinajstić information content (AvgIpc) is 3.10. The Hall–Kier alpha value is -3.42. The highest BCUT2D eigenvalue weighted by Crippen LogP contribution is 2.23. The number of nitrogens with zero attached hydrogens (tertiary/aromatic N) is 1. The summed E-state index contributed by atoms with van der Waals surface area (Å²) < 4.78 is 35.2. The van der Waals surface area contributed by atoms with Crippen molar-refractivity contribution < 1.29 is 22.1 Å². The molecular weight excluding hydrogens is 438 g/mol. The van der Waals surface area contributed by atoms with Crippen molar-refractivity contribution in [3.05, 3.63) is 100 Å². The molecule has 0 saturated heterocycles. The normalized spacial score (nSPS) is 15.0. The molecule has 0 amide bonds. The minimum Gasteiger partial charge on any atom is -0.402 e. The number of hydrogen-bond donors (Lipinski definition) is 0. The molecule has 0 aromatic heterocycles. The lowest BCUT2D eigenvalue weighted by Gasteiger charge is -2.07. The third kappa shape index (κ3) is 4.84. The number of esters is 1. The van der Waals surface area contributed by atoms with Crippen LogP contribution in [0, 0.1) is 6.92 Å². The van der Waals surface area contributed by atoms with Crippen molar-refractivity contribution in [3.8, 4) is 5.75 Å². The number of cyclic esters (lactones) is 1. The number of aliphatic imine (C=N–C) groups is 1. The van der Waals surface area contributed by atoms with Gasteiger partial charge in [0.1, 0.15) is 10.6 Å². The van der Waals surface area contributed by atoms with Crippen LogP contribution in [0.2, 0.25) is 5.02 Å². The summed E-state index contributed by atoms with van der Waals surface area (Å²) in [5, 5.41) is 0.504. The Morgan fingerprint density at radius 1 is 1.00 bits per heavy atom. The van der Waals surface area contributed by atoms with E-state index in [4.69, 9.17) is 20.5 Å². The van der Waals surface area contributed by atoms with E-state index < -0.39 is 16.1 Å². The lowest BCUT2D eigenvalue weighted by Crippen LogP contribution is -2.09. The standard InChI is InChI=1S/C23H16ClNO5S/c1-15-5-11-20(12-6-15)31(27,28)30-19-9-7-16(8-10-19)13-21-23(26)29-22(25-21)17-3-2-4-18(24)14-17/h2-14H,1H3/b21-13-. The van der Waals surface area contributed by atoms with Crippen LogP contribution in [0.15, 0.2) is 88.4 Å². The van der Waals surface area contributed by atoms with Gasteiger partial charge in [-0.2, -0.15) is 8.42 Å². The number of ether oxygens (including phenoxy) is 1. The van der Waals surface area contributed by atoms with Crippen LogP contribution in [0.4, 0.5) is 0 Å². The van der Waals surface area contributed by atoms with Gasteiger partial charge in [-0.15, -0.1) is 0 Å². The van der Waals surface area contributed by atoms with E-state index in [-0.39, 0.29) is 22.2 Å². The minimum atomic E-state index is -3.94. The minimum absolute atomic E-state index is 0.0703. The second kappa shape index (κ2) is 8.37. The summed E-state index contributed by atoms with van der Waals surface area (Å²) in [7, 11) is -3.94. The molecule has 3 aromatic carbocycles. The highest BCUT2D eigenvalue weighted by Gasteiger charge is 2.24. The topological polar surface area (TPSA) is 82.0 Å².